The van der Waals surface area contributed by atoms with Crippen molar-refractivity contribution in [2.75, 3.05) is 26.2 Å². The molecule has 1 heterocycles. The van der Waals surface area contributed by atoms with E-state index in [2.05, 4.69) is 0 Å². The summed E-state index contributed by atoms with van der Waals surface area (Å²) in [4.78, 5) is 13.5. The summed E-state index contributed by atoms with van der Waals surface area (Å²) < 4.78 is 52.4. The molecule has 0 aromatic heterocycles. The van der Waals surface area contributed by atoms with Gasteiger partial charge in [-0.25, -0.2) is 17.2 Å². The van der Waals surface area contributed by atoms with Crippen molar-refractivity contribution in [3.63, 3.8) is 0 Å². The highest BCUT2D eigenvalue weighted by Crippen LogP contribution is 2.23. The fourth-order valence-electron chi connectivity index (χ4n) is 2.53. The van der Waals surface area contributed by atoms with Gasteiger partial charge in [0.2, 0.25) is 15.9 Å². The van der Waals surface area contributed by atoms with Crippen molar-refractivity contribution in [2.24, 2.45) is 5.41 Å². The maximum Gasteiger partial charge on any atom is 0.243 e. The third kappa shape index (κ3) is 4.30. The van der Waals surface area contributed by atoms with Crippen LogP contribution in [0.5, 0.6) is 0 Å². The zero-order valence-electron chi connectivity index (χ0n) is 14.1. The van der Waals surface area contributed by atoms with Crippen LogP contribution in [0.15, 0.2) is 23.1 Å². The molecule has 2 rings (SSSR count). The van der Waals surface area contributed by atoms with Crippen LogP contribution in [0.25, 0.3) is 0 Å². The molecule has 1 aromatic rings. The molecule has 1 saturated heterocycles. The predicted molar refractivity (Wildman–Crippen MR) is 85.8 cm³/mol. The molecule has 1 fully saturated rings. The van der Waals surface area contributed by atoms with Gasteiger partial charge in [0.1, 0.15) is 0 Å². The summed E-state index contributed by atoms with van der Waals surface area (Å²) >= 11 is 0. The van der Waals surface area contributed by atoms with Gasteiger partial charge in [0.25, 0.3) is 0 Å². The van der Waals surface area contributed by atoms with Gasteiger partial charge < -0.3 is 4.90 Å². The van der Waals surface area contributed by atoms with Gasteiger partial charge in [0, 0.05) is 32.6 Å². The number of sulfonamides is 1. The Morgan fingerprint density at radius 1 is 1.08 bits per heavy atom. The Morgan fingerprint density at radius 3 is 2.17 bits per heavy atom. The number of hydrogen-bond acceptors (Lipinski definition) is 3. The second-order valence-electron chi connectivity index (χ2n) is 7.10. The zero-order chi connectivity index (χ0) is 18.1. The lowest BCUT2D eigenvalue weighted by atomic mass is 9.91. The highest BCUT2D eigenvalue weighted by molar-refractivity contribution is 7.89. The number of carbonyl (C=O) groups is 1. The maximum absolute atomic E-state index is 13.3. The Balaban J connectivity index is 2.05. The molecule has 1 aliphatic heterocycles. The summed E-state index contributed by atoms with van der Waals surface area (Å²) in [7, 11) is -3.90. The molecular formula is C16H22F2N2O3S. The molecule has 8 heteroatoms. The summed E-state index contributed by atoms with van der Waals surface area (Å²) in [5.74, 6) is -2.30. The minimum Gasteiger partial charge on any atom is -0.340 e. The lowest BCUT2D eigenvalue weighted by molar-refractivity contribution is -0.134. The van der Waals surface area contributed by atoms with E-state index >= 15 is 0 Å². The lowest BCUT2D eigenvalue weighted by Crippen LogP contribution is -2.51. The van der Waals surface area contributed by atoms with E-state index in [1.165, 1.54) is 4.31 Å². The molecule has 0 unspecified atom stereocenters. The Hall–Kier alpha value is -1.54. The van der Waals surface area contributed by atoms with Gasteiger partial charge in [-0.2, -0.15) is 4.31 Å². The van der Waals surface area contributed by atoms with Gasteiger partial charge in [-0.15, -0.1) is 0 Å². The molecule has 1 amide bonds. The number of amides is 1. The van der Waals surface area contributed by atoms with Crippen LogP contribution in [0, 0.1) is 17.0 Å². The Kier molecular flexibility index (Phi) is 5.29. The van der Waals surface area contributed by atoms with Crippen molar-refractivity contribution in [3.05, 3.63) is 29.8 Å². The number of halogens is 2. The molecule has 5 nitrogen and oxygen atoms in total. The molecular weight excluding hydrogens is 338 g/mol. The quantitative estimate of drug-likeness (QED) is 0.831. The molecule has 0 saturated carbocycles. The highest BCUT2D eigenvalue weighted by Gasteiger charge is 2.31. The van der Waals surface area contributed by atoms with E-state index in [9.17, 15) is 22.0 Å². The van der Waals surface area contributed by atoms with Crippen LogP contribution in [0.3, 0.4) is 0 Å². The molecule has 24 heavy (non-hydrogen) atoms. The Labute approximate surface area is 141 Å². The number of rotatable bonds is 3. The largest absolute Gasteiger partial charge is 0.340 e. The number of carbonyl (C=O) groups excluding carboxylic acids is 1. The van der Waals surface area contributed by atoms with Gasteiger partial charge in [-0.3, -0.25) is 4.79 Å². The first-order valence-electron chi connectivity index (χ1n) is 7.74. The van der Waals surface area contributed by atoms with Crippen molar-refractivity contribution in [1.29, 1.82) is 0 Å². The minimum absolute atomic E-state index is 0.00706. The Bertz CT molecular complexity index is 721. The summed E-state index contributed by atoms with van der Waals surface area (Å²) in [6.45, 7) is 6.75. The molecule has 0 radical (unpaired) electrons. The summed E-state index contributed by atoms with van der Waals surface area (Å²) in [5, 5.41) is 0. The van der Waals surface area contributed by atoms with Crippen LogP contribution in [0.4, 0.5) is 8.78 Å². The molecule has 1 aromatic carbocycles. The lowest BCUT2D eigenvalue weighted by Gasteiger charge is -2.35. The average molecular weight is 360 g/mol. The monoisotopic (exact) mass is 360 g/mol. The normalized spacial score (nSPS) is 17.1. The van der Waals surface area contributed by atoms with Gasteiger partial charge in [0.05, 0.1) is 4.90 Å². The van der Waals surface area contributed by atoms with E-state index in [1.54, 1.807) is 4.90 Å². The van der Waals surface area contributed by atoms with E-state index in [0.717, 1.165) is 12.1 Å². The van der Waals surface area contributed by atoms with Crippen LogP contribution in [-0.2, 0) is 14.8 Å². The SMILES string of the molecule is CC(C)(C)CC(=O)N1CCN(S(=O)(=O)c2ccc(F)c(F)c2)CC1. The van der Waals surface area contributed by atoms with Gasteiger partial charge in [0.15, 0.2) is 11.6 Å². The third-order valence-corrected chi connectivity index (χ3v) is 5.70. The van der Waals surface area contributed by atoms with Crippen molar-refractivity contribution in [1.82, 2.24) is 9.21 Å². The van der Waals surface area contributed by atoms with Crippen molar-refractivity contribution >= 4 is 15.9 Å². The summed E-state index contributed by atoms with van der Waals surface area (Å²) in [6, 6.07) is 2.53. The number of hydrogen-bond donors (Lipinski definition) is 0. The highest BCUT2D eigenvalue weighted by atomic mass is 32.2. The first-order valence-corrected chi connectivity index (χ1v) is 9.18. The zero-order valence-corrected chi connectivity index (χ0v) is 14.9. The van der Waals surface area contributed by atoms with E-state index in [0.29, 0.717) is 12.5 Å². The van der Waals surface area contributed by atoms with E-state index < -0.39 is 21.7 Å². The van der Waals surface area contributed by atoms with E-state index in [1.807, 2.05) is 20.8 Å². The second-order valence-corrected chi connectivity index (χ2v) is 9.04. The van der Waals surface area contributed by atoms with Crippen molar-refractivity contribution in [3.8, 4) is 0 Å². The van der Waals surface area contributed by atoms with E-state index in [4.69, 9.17) is 0 Å². The Morgan fingerprint density at radius 2 is 1.67 bits per heavy atom. The average Bonchev–Trinajstić information content (AvgIpc) is 2.48. The van der Waals surface area contributed by atoms with Crippen LogP contribution < -0.4 is 0 Å². The summed E-state index contributed by atoms with van der Waals surface area (Å²) in [6.07, 6.45) is 0.392. The van der Waals surface area contributed by atoms with Crippen LogP contribution in [-0.4, -0.2) is 49.7 Å². The number of piperazine rings is 1. The first-order chi connectivity index (χ1) is 11.0. The maximum atomic E-state index is 13.3. The fourth-order valence-corrected chi connectivity index (χ4v) is 3.96. The van der Waals surface area contributed by atoms with Gasteiger partial charge in [-0.1, -0.05) is 20.8 Å². The van der Waals surface area contributed by atoms with Crippen LogP contribution in [0.1, 0.15) is 27.2 Å². The molecule has 0 N–H and O–H groups in total. The summed E-state index contributed by atoms with van der Waals surface area (Å²) in [5.41, 5.74) is -0.133. The second kappa shape index (κ2) is 6.76. The molecule has 1 aliphatic rings. The van der Waals surface area contributed by atoms with Crippen molar-refractivity contribution in [2.45, 2.75) is 32.1 Å². The molecule has 0 aliphatic carbocycles. The minimum atomic E-state index is -3.90. The molecule has 0 atom stereocenters. The van der Waals surface area contributed by atoms with E-state index in [-0.39, 0.29) is 42.4 Å². The number of benzene rings is 1. The van der Waals surface area contributed by atoms with Gasteiger partial charge in [-0.05, 0) is 23.6 Å². The third-order valence-electron chi connectivity index (χ3n) is 3.80. The fraction of sp³-hybridized carbons (Fsp3) is 0.562. The van der Waals surface area contributed by atoms with Crippen LogP contribution in [0.2, 0.25) is 0 Å². The van der Waals surface area contributed by atoms with Crippen LogP contribution >= 0.6 is 0 Å². The first kappa shape index (κ1) is 18.8. The van der Waals surface area contributed by atoms with Gasteiger partial charge >= 0.3 is 0 Å². The molecule has 134 valence electrons. The smallest absolute Gasteiger partial charge is 0.243 e. The molecule has 0 bridgehead atoms. The topological polar surface area (TPSA) is 57.7 Å². The van der Waals surface area contributed by atoms with Crippen molar-refractivity contribution < 1.29 is 22.0 Å². The number of nitrogens with zero attached hydrogens (tertiary/aromatic N) is 2. The predicted octanol–water partition coefficient (Wildman–Crippen LogP) is 2.23. The molecule has 0 spiro atoms. The standard InChI is InChI=1S/C16H22F2N2O3S/c1-16(2,3)11-15(21)19-6-8-20(9-7-19)24(22,23)12-4-5-13(17)14(18)10-12/h4-5,10H,6-9,11H2,1-3H3.